The summed E-state index contributed by atoms with van der Waals surface area (Å²) in [7, 11) is 0. The molecule has 180 valence electrons. The van der Waals surface area contributed by atoms with E-state index in [1.807, 2.05) is 0 Å². The number of amides is 3. The first-order valence-corrected chi connectivity index (χ1v) is 10.6. The van der Waals surface area contributed by atoms with Gasteiger partial charge in [-0.2, -0.15) is 0 Å². The zero-order valence-corrected chi connectivity index (χ0v) is 18.8. The van der Waals surface area contributed by atoms with E-state index in [0.29, 0.717) is 25.1 Å². The number of aliphatic carboxylic acids is 1. The monoisotopic (exact) mass is 453 g/mol. The van der Waals surface area contributed by atoms with E-state index in [4.69, 9.17) is 11.5 Å². The second kappa shape index (κ2) is 13.4. The van der Waals surface area contributed by atoms with Crippen molar-refractivity contribution >= 4 is 23.7 Å². The number of carboxylic acids is 1. The van der Waals surface area contributed by atoms with Gasteiger partial charge in [-0.3, -0.25) is 14.4 Å². The van der Waals surface area contributed by atoms with Crippen LogP contribution in [0.15, 0.2) is 12.5 Å². The molecule has 4 unspecified atom stereocenters. The van der Waals surface area contributed by atoms with Crippen LogP contribution in [-0.4, -0.2) is 69.5 Å². The largest absolute Gasteiger partial charge is 0.480 e. The fourth-order valence-electron chi connectivity index (χ4n) is 2.93. The minimum Gasteiger partial charge on any atom is -0.480 e. The minimum absolute atomic E-state index is 0.105. The maximum absolute atomic E-state index is 13.0. The number of nitrogens with zero attached hydrogens (tertiary/aromatic N) is 1. The molecule has 12 heteroatoms. The van der Waals surface area contributed by atoms with Gasteiger partial charge in [-0.25, -0.2) is 9.78 Å². The van der Waals surface area contributed by atoms with Crippen molar-refractivity contribution in [3.63, 3.8) is 0 Å². The van der Waals surface area contributed by atoms with Crippen LogP contribution in [0.25, 0.3) is 0 Å². The molecule has 0 radical (unpaired) electrons. The van der Waals surface area contributed by atoms with E-state index < -0.39 is 47.9 Å². The van der Waals surface area contributed by atoms with Gasteiger partial charge in [-0.05, 0) is 38.6 Å². The van der Waals surface area contributed by atoms with Crippen LogP contribution in [0.3, 0.4) is 0 Å². The first-order valence-electron chi connectivity index (χ1n) is 10.6. The van der Waals surface area contributed by atoms with Crippen LogP contribution in [-0.2, 0) is 25.6 Å². The maximum Gasteiger partial charge on any atom is 0.326 e. The Morgan fingerprint density at radius 2 is 1.69 bits per heavy atom. The molecular weight excluding hydrogens is 418 g/mol. The van der Waals surface area contributed by atoms with Crippen LogP contribution in [0.5, 0.6) is 0 Å². The molecule has 1 heterocycles. The zero-order chi connectivity index (χ0) is 24.3. The number of carbonyl (C=O) groups excluding carboxylic acids is 3. The molecule has 0 aliphatic rings. The molecule has 32 heavy (non-hydrogen) atoms. The number of carbonyl (C=O) groups is 4. The molecule has 0 aliphatic heterocycles. The maximum atomic E-state index is 13.0. The summed E-state index contributed by atoms with van der Waals surface area (Å²) < 4.78 is 0. The molecule has 0 fully saturated rings. The third-order valence-corrected chi connectivity index (χ3v) is 4.83. The van der Waals surface area contributed by atoms with Gasteiger partial charge in [-0.1, -0.05) is 13.8 Å². The number of nitrogens with two attached hydrogens (primary N) is 2. The molecule has 0 aliphatic carbocycles. The summed E-state index contributed by atoms with van der Waals surface area (Å²) in [6, 6.07) is -3.94. The van der Waals surface area contributed by atoms with Crippen LogP contribution in [0, 0.1) is 5.92 Å². The number of rotatable bonds is 14. The Balaban J connectivity index is 2.92. The van der Waals surface area contributed by atoms with E-state index in [-0.39, 0.29) is 18.8 Å². The molecule has 1 aromatic heterocycles. The third-order valence-electron chi connectivity index (χ3n) is 4.83. The van der Waals surface area contributed by atoms with E-state index in [1.165, 1.54) is 19.4 Å². The standard InChI is InChI=1S/C20H35N7O5/c1-11(2)16(19(30)25-14(20(31)32)6-4-5-7-21)27-18(29)15(26-17(28)12(3)22)8-13-9-23-10-24-13/h9-12,14-16H,4-8,21-22H2,1-3H3,(H,23,24)(H,25,30)(H,26,28)(H,27,29)(H,31,32). The topological polar surface area (TPSA) is 205 Å². The van der Waals surface area contributed by atoms with Crippen LogP contribution < -0.4 is 27.4 Å². The van der Waals surface area contributed by atoms with Gasteiger partial charge < -0.3 is 37.5 Å². The van der Waals surface area contributed by atoms with Crippen molar-refractivity contribution < 1.29 is 24.3 Å². The summed E-state index contributed by atoms with van der Waals surface area (Å²) >= 11 is 0. The highest BCUT2D eigenvalue weighted by Gasteiger charge is 2.31. The van der Waals surface area contributed by atoms with Gasteiger partial charge in [0, 0.05) is 18.3 Å². The molecule has 1 rings (SSSR count). The van der Waals surface area contributed by atoms with Crippen molar-refractivity contribution in [2.45, 2.75) is 70.6 Å². The number of hydrogen-bond acceptors (Lipinski definition) is 7. The first-order chi connectivity index (χ1) is 15.1. The molecule has 9 N–H and O–H groups in total. The smallest absolute Gasteiger partial charge is 0.326 e. The highest BCUT2D eigenvalue weighted by molar-refractivity contribution is 5.94. The Morgan fingerprint density at radius 1 is 1.03 bits per heavy atom. The molecule has 0 bridgehead atoms. The molecular formula is C20H35N7O5. The molecule has 4 atom stereocenters. The molecule has 3 amide bonds. The average molecular weight is 454 g/mol. The fourth-order valence-corrected chi connectivity index (χ4v) is 2.93. The van der Waals surface area contributed by atoms with Crippen LogP contribution in [0.4, 0.5) is 0 Å². The summed E-state index contributed by atoms with van der Waals surface area (Å²) in [4.78, 5) is 56.1. The van der Waals surface area contributed by atoms with Crippen molar-refractivity contribution in [2.24, 2.45) is 17.4 Å². The number of imidazole rings is 1. The van der Waals surface area contributed by atoms with Crippen molar-refractivity contribution in [3.8, 4) is 0 Å². The number of H-pyrrole nitrogens is 1. The number of aromatic amines is 1. The Bertz CT molecular complexity index is 752. The lowest BCUT2D eigenvalue weighted by atomic mass is 10.0. The highest BCUT2D eigenvalue weighted by atomic mass is 16.4. The number of unbranched alkanes of at least 4 members (excludes halogenated alkanes) is 1. The number of nitrogens with one attached hydrogen (secondary N) is 4. The Labute approximate surface area is 187 Å². The van der Waals surface area contributed by atoms with Crippen molar-refractivity contribution in [2.75, 3.05) is 6.54 Å². The summed E-state index contributed by atoms with van der Waals surface area (Å²) in [6.45, 7) is 5.36. The molecule has 0 saturated carbocycles. The average Bonchev–Trinajstić information content (AvgIpc) is 3.23. The van der Waals surface area contributed by atoms with E-state index in [2.05, 4.69) is 25.9 Å². The summed E-state index contributed by atoms with van der Waals surface area (Å²) in [5.74, 6) is -3.24. The minimum atomic E-state index is -1.16. The van der Waals surface area contributed by atoms with Crippen LogP contribution in [0.2, 0.25) is 0 Å². The SMILES string of the molecule is CC(N)C(=O)NC(Cc1cnc[nH]1)C(=O)NC(C(=O)NC(CCCCN)C(=O)O)C(C)C. The Kier molecular flexibility index (Phi) is 11.3. The van der Waals surface area contributed by atoms with Crippen molar-refractivity contribution in [3.05, 3.63) is 18.2 Å². The van der Waals surface area contributed by atoms with Gasteiger partial charge in [0.05, 0.1) is 12.4 Å². The molecule has 0 aromatic carbocycles. The second-order valence-electron chi connectivity index (χ2n) is 8.04. The van der Waals surface area contributed by atoms with Crippen LogP contribution in [0.1, 0.15) is 45.7 Å². The lowest BCUT2D eigenvalue weighted by molar-refractivity contribution is -0.142. The third kappa shape index (κ3) is 9.02. The Hall–Kier alpha value is -2.99. The summed E-state index contributed by atoms with van der Waals surface area (Å²) in [6.07, 6.45) is 4.47. The normalized spacial score (nSPS) is 14.8. The predicted octanol–water partition coefficient (Wildman–Crippen LogP) is -1.38. The van der Waals surface area contributed by atoms with Crippen molar-refractivity contribution in [1.82, 2.24) is 25.9 Å². The van der Waals surface area contributed by atoms with Crippen LogP contribution >= 0.6 is 0 Å². The van der Waals surface area contributed by atoms with E-state index in [9.17, 15) is 24.3 Å². The van der Waals surface area contributed by atoms with E-state index in [0.717, 1.165) is 0 Å². The molecule has 0 saturated heterocycles. The second-order valence-corrected chi connectivity index (χ2v) is 8.04. The molecule has 12 nitrogen and oxygen atoms in total. The van der Waals surface area contributed by atoms with Gasteiger partial charge >= 0.3 is 5.97 Å². The van der Waals surface area contributed by atoms with Gasteiger partial charge in [0.15, 0.2) is 0 Å². The van der Waals surface area contributed by atoms with Gasteiger partial charge in [0.1, 0.15) is 18.1 Å². The lowest BCUT2D eigenvalue weighted by Gasteiger charge is -2.26. The Morgan fingerprint density at radius 3 is 2.19 bits per heavy atom. The first kappa shape index (κ1) is 27.0. The number of aromatic nitrogens is 2. The van der Waals surface area contributed by atoms with E-state index >= 15 is 0 Å². The lowest BCUT2D eigenvalue weighted by Crippen LogP contribution is -2.58. The molecule has 0 spiro atoms. The molecule has 1 aromatic rings. The summed E-state index contributed by atoms with van der Waals surface area (Å²) in [5.41, 5.74) is 11.6. The fraction of sp³-hybridized carbons (Fsp3) is 0.650. The quantitative estimate of drug-likeness (QED) is 0.167. The van der Waals surface area contributed by atoms with Gasteiger partial charge in [-0.15, -0.1) is 0 Å². The van der Waals surface area contributed by atoms with E-state index in [1.54, 1.807) is 13.8 Å². The highest BCUT2D eigenvalue weighted by Crippen LogP contribution is 2.08. The number of carboxylic acid groups (broad SMARTS) is 1. The zero-order valence-electron chi connectivity index (χ0n) is 18.8. The van der Waals surface area contributed by atoms with Crippen molar-refractivity contribution in [1.29, 1.82) is 0 Å². The predicted molar refractivity (Wildman–Crippen MR) is 117 cm³/mol. The van der Waals surface area contributed by atoms with Gasteiger partial charge in [0.25, 0.3) is 0 Å². The number of hydrogen-bond donors (Lipinski definition) is 7. The van der Waals surface area contributed by atoms with Gasteiger partial charge in [0.2, 0.25) is 17.7 Å². The summed E-state index contributed by atoms with van der Waals surface area (Å²) in [5, 5.41) is 17.1.